The van der Waals surface area contributed by atoms with E-state index in [4.69, 9.17) is 9.56 Å². The summed E-state index contributed by atoms with van der Waals surface area (Å²) in [5.41, 5.74) is 0.905. The molecular formula is C20H31IN4O3S. The Hall–Kier alpha value is -1.59. The fraction of sp³-hybridized carbons (Fsp3) is 0.450. The van der Waals surface area contributed by atoms with Crippen LogP contribution in [0, 0.1) is 5.92 Å². The molecule has 0 bridgehead atoms. The van der Waals surface area contributed by atoms with Crippen LogP contribution in [0.4, 0.5) is 0 Å². The van der Waals surface area contributed by atoms with Crippen molar-refractivity contribution in [3.8, 4) is 0 Å². The van der Waals surface area contributed by atoms with Crippen molar-refractivity contribution in [2.75, 3.05) is 13.1 Å². The number of hydrogen-bond acceptors (Lipinski definition) is 4. The molecule has 1 aromatic heterocycles. The summed E-state index contributed by atoms with van der Waals surface area (Å²) in [4.78, 5) is 4.73. The molecule has 1 heterocycles. The van der Waals surface area contributed by atoms with Crippen LogP contribution in [0.5, 0.6) is 0 Å². The second kappa shape index (κ2) is 12.9. The smallest absolute Gasteiger partial charge is 0.238 e. The zero-order valence-electron chi connectivity index (χ0n) is 16.9. The van der Waals surface area contributed by atoms with Gasteiger partial charge < -0.3 is 15.1 Å². The molecule has 0 radical (unpaired) electrons. The molecule has 1 aromatic carbocycles. The maximum absolute atomic E-state index is 11.4. The third kappa shape index (κ3) is 9.18. The molecule has 0 unspecified atom stereocenters. The van der Waals surface area contributed by atoms with Gasteiger partial charge in [-0.3, -0.25) is 0 Å². The summed E-state index contributed by atoms with van der Waals surface area (Å²) < 4.78 is 28.1. The monoisotopic (exact) mass is 534 g/mol. The molecule has 0 spiro atoms. The minimum Gasteiger partial charge on any atom is -0.469 e. The van der Waals surface area contributed by atoms with Gasteiger partial charge in [-0.1, -0.05) is 38.8 Å². The van der Waals surface area contributed by atoms with E-state index < -0.39 is 10.0 Å². The molecule has 29 heavy (non-hydrogen) atoms. The topological polar surface area (TPSA) is 110 Å². The van der Waals surface area contributed by atoms with Gasteiger partial charge >= 0.3 is 0 Å². The summed E-state index contributed by atoms with van der Waals surface area (Å²) in [5.74, 6) is 2.24. The van der Waals surface area contributed by atoms with Gasteiger partial charge in [-0.25, -0.2) is 18.5 Å². The average Bonchev–Trinajstić information content (AvgIpc) is 3.19. The fourth-order valence-corrected chi connectivity index (χ4v) is 3.22. The number of guanidine groups is 1. The van der Waals surface area contributed by atoms with Crippen LogP contribution in [0.25, 0.3) is 0 Å². The Labute approximate surface area is 190 Å². The van der Waals surface area contributed by atoms with E-state index >= 15 is 0 Å². The number of aliphatic imine (C=N–C) groups is 1. The zero-order chi connectivity index (χ0) is 20.4. The van der Waals surface area contributed by atoms with Crippen molar-refractivity contribution in [2.24, 2.45) is 16.0 Å². The van der Waals surface area contributed by atoms with Gasteiger partial charge in [0, 0.05) is 19.5 Å². The Morgan fingerprint density at radius 2 is 1.83 bits per heavy atom. The molecule has 2 rings (SSSR count). The lowest BCUT2D eigenvalue weighted by Crippen LogP contribution is -2.40. The number of rotatable bonds is 10. The van der Waals surface area contributed by atoms with Crippen molar-refractivity contribution < 1.29 is 12.8 Å². The first-order chi connectivity index (χ1) is 13.4. The van der Waals surface area contributed by atoms with E-state index in [2.05, 4.69) is 29.5 Å². The summed E-state index contributed by atoms with van der Waals surface area (Å²) >= 11 is 0. The van der Waals surface area contributed by atoms with Crippen molar-refractivity contribution in [3.63, 3.8) is 0 Å². The molecule has 162 valence electrons. The molecule has 7 nitrogen and oxygen atoms in total. The number of primary sulfonamides is 1. The molecule has 0 aliphatic carbocycles. The first-order valence-corrected chi connectivity index (χ1v) is 11.1. The highest BCUT2D eigenvalue weighted by molar-refractivity contribution is 14.0. The summed E-state index contributed by atoms with van der Waals surface area (Å²) in [6.45, 7) is 6.36. The number of sulfonamides is 1. The maximum Gasteiger partial charge on any atom is 0.238 e. The van der Waals surface area contributed by atoms with Crippen LogP contribution in [0.1, 0.15) is 38.0 Å². The van der Waals surface area contributed by atoms with E-state index in [0.717, 1.165) is 43.1 Å². The van der Waals surface area contributed by atoms with Crippen LogP contribution in [-0.4, -0.2) is 27.5 Å². The highest BCUT2D eigenvalue weighted by Crippen LogP contribution is 2.10. The Morgan fingerprint density at radius 3 is 2.38 bits per heavy atom. The van der Waals surface area contributed by atoms with E-state index in [-0.39, 0.29) is 28.9 Å². The molecular weight excluding hydrogens is 503 g/mol. The number of nitrogens with zero attached hydrogens (tertiary/aromatic N) is 1. The maximum atomic E-state index is 11.4. The number of nitrogens with one attached hydrogen (secondary N) is 2. The molecule has 0 aliphatic heterocycles. The van der Waals surface area contributed by atoms with E-state index in [1.165, 1.54) is 12.1 Å². The molecule has 4 N–H and O–H groups in total. The van der Waals surface area contributed by atoms with Crippen LogP contribution < -0.4 is 15.8 Å². The number of furan rings is 1. The third-order valence-electron chi connectivity index (χ3n) is 4.63. The minimum atomic E-state index is -3.68. The molecule has 0 atom stereocenters. The highest BCUT2D eigenvalue weighted by atomic mass is 127. The predicted octanol–water partition coefficient (Wildman–Crippen LogP) is 3.26. The van der Waals surface area contributed by atoms with Crippen molar-refractivity contribution in [1.82, 2.24) is 10.6 Å². The van der Waals surface area contributed by atoms with Crippen molar-refractivity contribution in [3.05, 3.63) is 54.0 Å². The minimum absolute atomic E-state index is 0. The highest BCUT2D eigenvalue weighted by Gasteiger charge is 2.08. The van der Waals surface area contributed by atoms with E-state index in [1.54, 1.807) is 18.4 Å². The van der Waals surface area contributed by atoms with Crippen molar-refractivity contribution >= 4 is 40.0 Å². The lowest BCUT2D eigenvalue weighted by atomic mass is 10.0. The lowest BCUT2D eigenvalue weighted by Gasteiger charge is -2.17. The van der Waals surface area contributed by atoms with Crippen LogP contribution in [0.3, 0.4) is 0 Å². The number of benzene rings is 1. The van der Waals surface area contributed by atoms with Gasteiger partial charge in [0.15, 0.2) is 5.96 Å². The quantitative estimate of drug-likeness (QED) is 0.246. The average molecular weight is 534 g/mol. The fourth-order valence-electron chi connectivity index (χ4n) is 2.71. The first-order valence-electron chi connectivity index (χ1n) is 9.58. The van der Waals surface area contributed by atoms with E-state index in [1.807, 2.05) is 12.1 Å². The van der Waals surface area contributed by atoms with E-state index in [0.29, 0.717) is 19.0 Å². The predicted molar refractivity (Wildman–Crippen MR) is 127 cm³/mol. The lowest BCUT2D eigenvalue weighted by molar-refractivity contribution is 0.479. The van der Waals surface area contributed by atoms with Crippen LogP contribution in [-0.2, 0) is 23.0 Å². The van der Waals surface area contributed by atoms with Crippen LogP contribution in [0.2, 0.25) is 0 Å². The van der Waals surface area contributed by atoms with Gasteiger partial charge in [0.1, 0.15) is 5.76 Å². The zero-order valence-corrected chi connectivity index (χ0v) is 20.1. The molecule has 0 aliphatic rings. The molecule has 2 aromatic rings. The summed E-state index contributed by atoms with van der Waals surface area (Å²) in [6, 6.07) is 10.3. The summed E-state index contributed by atoms with van der Waals surface area (Å²) in [5, 5.41) is 11.9. The number of halogens is 1. The van der Waals surface area contributed by atoms with Crippen LogP contribution >= 0.6 is 24.0 Å². The van der Waals surface area contributed by atoms with Crippen molar-refractivity contribution in [1.29, 1.82) is 0 Å². The van der Waals surface area contributed by atoms with Gasteiger partial charge in [0.25, 0.3) is 0 Å². The second-order valence-corrected chi connectivity index (χ2v) is 8.23. The van der Waals surface area contributed by atoms with Gasteiger partial charge in [0.05, 0.1) is 17.7 Å². The Kier molecular flexibility index (Phi) is 11.3. The molecule has 0 saturated carbocycles. The molecule has 0 amide bonds. The summed E-state index contributed by atoms with van der Waals surface area (Å²) in [7, 11) is -3.68. The molecule has 0 saturated heterocycles. The Bertz CT molecular complexity index is 833. The molecule has 9 heteroatoms. The second-order valence-electron chi connectivity index (χ2n) is 6.67. The first kappa shape index (κ1) is 25.4. The van der Waals surface area contributed by atoms with Crippen LogP contribution in [0.15, 0.2) is 57.0 Å². The van der Waals surface area contributed by atoms with Gasteiger partial charge in [-0.15, -0.1) is 24.0 Å². The van der Waals surface area contributed by atoms with E-state index in [9.17, 15) is 8.42 Å². The largest absolute Gasteiger partial charge is 0.469 e. The van der Waals surface area contributed by atoms with Crippen molar-refractivity contribution in [2.45, 2.75) is 44.6 Å². The van der Waals surface area contributed by atoms with Gasteiger partial charge in [-0.2, -0.15) is 0 Å². The standard InChI is InChI=1S/C20H30N4O3S.HI/c1-3-16(4-2)14-23-20(22-12-11-18-6-5-13-27-18)24-15-17-7-9-19(10-8-17)28(21,25)26;/h5-10,13,16H,3-4,11-12,14-15H2,1-2H3,(H2,21,25,26)(H2,22,23,24);1H. The van der Waals surface area contributed by atoms with Gasteiger partial charge in [-0.05, 0) is 35.7 Å². The molecule has 0 fully saturated rings. The number of hydrogen-bond donors (Lipinski definition) is 3. The normalized spacial score (nSPS) is 11.9. The summed E-state index contributed by atoms with van der Waals surface area (Å²) in [6.07, 6.45) is 4.65. The third-order valence-corrected chi connectivity index (χ3v) is 5.56. The SMILES string of the molecule is CCC(CC)CNC(=NCc1ccc(S(N)(=O)=O)cc1)NCCc1ccco1.I. The number of nitrogens with two attached hydrogens (primary N) is 1. The van der Waals surface area contributed by atoms with Gasteiger partial charge in [0.2, 0.25) is 10.0 Å². The Balaban J connectivity index is 0.00000420. The Morgan fingerprint density at radius 1 is 1.14 bits per heavy atom.